The van der Waals surface area contributed by atoms with Crippen LogP contribution in [0, 0.1) is 6.92 Å². The van der Waals surface area contributed by atoms with Crippen LogP contribution in [0.4, 0.5) is 0 Å². The van der Waals surface area contributed by atoms with Crippen LogP contribution in [0.15, 0.2) is 65.7 Å². The van der Waals surface area contributed by atoms with Crippen molar-refractivity contribution in [3.63, 3.8) is 0 Å². The number of rotatable bonds is 9. The van der Waals surface area contributed by atoms with Crippen LogP contribution in [0.2, 0.25) is 0 Å². The molecule has 0 aliphatic rings. The fraction of sp³-hybridized carbons (Fsp3) is 0.231. The third-order valence-corrected chi connectivity index (χ3v) is 5.98. The van der Waals surface area contributed by atoms with E-state index in [1.165, 1.54) is 11.3 Å². The quantitative estimate of drug-likeness (QED) is 0.432. The molecular formula is C26H28N2O4S. The summed E-state index contributed by atoms with van der Waals surface area (Å²) >= 11 is 1.49. The summed E-state index contributed by atoms with van der Waals surface area (Å²) in [5.41, 5.74) is 2.60. The number of benzene rings is 2. The molecule has 7 heteroatoms. The van der Waals surface area contributed by atoms with Crippen molar-refractivity contribution in [3.8, 4) is 11.5 Å². The molecule has 2 amide bonds. The third kappa shape index (κ3) is 6.23. The molecule has 172 valence electrons. The Balaban J connectivity index is 1.84. The summed E-state index contributed by atoms with van der Waals surface area (Å²) < 4.78 is 10.7. The van der Waals surface area contributed by atoms with Crippen LogP contribution in [-0.4, -0.2) is 26.0 Å². The maximum absolute atomic E-state index is 13.3. The third-order valence-electron chi connectivity index (χ3n) is 5.16. The zero-order valence-corrected chi connectivity index (χ0v) is 20.0. The molecule has 3 rings (SSSR count). The van der Waals surface area contributed by atoms with E-state index in [0.717, 1.165) is 16.0 Å². The monoisotopic (exact) mass is 464 g/mol. The molecule has 2 aromatic carbocycles. The lowest BCUT2D eigenvalue weighted by Crippen LogP contribution is -2.36. The van der Waals surface area contributed by atoms with Crippen molar-refractivity contribution in [1.82, 2.24) is 10.6 Å². The number of carbonyl (C=O) groups excluding carboxylic acids is 2. The average Bonchev–Trinajstić information content (AvgIpc) is 3.35. The molecule has 6 nitrogen and oxygen atoms in total. The molecule has 1 heterocycles. The van der Waals surface area contributed by atoms with E-state index >= 15 is 0 Å². The first-order valence-corrected chi connectivity index (χ1v) is 11.5. The van der Waals surface area contributed by atoms with Crippen molar-refractivity contribution in [2.45, 2.75) is 26.3 Å². The Kier molecular flexibility index (Phi) is 8.27. The van der Waals surface area contributed by atoms with Crippen LogP contribution < -0.4 is 20.1 Å². The Hall–Kier alpha value is -3.58. The highest BCUT2D eigenvalue weighted by molar-refractivity contribution is 7.10. The van der Waals surface area contributed by atoms with Gasteiger partial charge in [0.15, 0.2) is 11.5 Å². The zero-order valence-electron chi connectivity index (χ0n) is 19.2. The van der Waals surface area contributed by atoms with Crippen LogP contribution >= 0.6 is 11.3 Å². The second-order valence-electron chi connectivity index (χ2n) is 7.44. The van der Waals surface area contributed by atoms with Crippen molar-refractivity contribution >= 4 is 29.2 Å². The van der Waals surface area contributed by atoms with Gasteiger partial charge in [-0.25, -0.2) is 0 Å². The number of ether oxygens (including phenoxy) is 2. The van der Waals surface area contributed by atoms with Crippen LogP contribution in [0.1, 0.15) is 45.7 Å². The Bertz CT molecular complexity index is 1120. The van der Waals surface area contributed by atoms with Crippen molar-refractivity contribution in [2.24, 2.45) is 0 Å². The van der Waals surface area contributed by atoms with Gasteiger partial charge in [0.25, 0.3) is 11.8 Å². The van der Waals surface area contributed by atoms with Gasteiger partial charge in [-0.1, -0.05) is 36.8 Å². The molecule has 1 unspecified atom stereocenters. The van der Waals surface area contributed by atoms with Gasteiger partial charge in [-0.3, -0.25) is 9.59 Å². The van der Waals surface area contributed by atoms with E-state index < -0.39 is 0 Å². The summed E-state index contributed by atoms with van der Waals surface area (Å²) in [5, 5.41) is 7.74. The predicted octanol–water partition coefficient (Wildman–Crippen LogP) is 5.11. The highest BCUT2D eigenvalue weighted by Gasteiger charge is 2.20. The second-order valence-corrected chi connectivity index (χ2v) is 8.42. The van der Waals surface area contributed by atoms with Crippen LogP contribution in [0.5, 0.6) is 11.5 Å². The van der Waals surface area contributed by atoms with E-state index in [0.29, 0.717) is 23.5 Å². The molecule has 2 N–H and O–H groups in total. The van der Waals surface area contributed by atoms with Gasteiger partial charge in [-0.2, -0.15) is 0 Å². The summed E-state index contributed by atoms with van der Waals surface area (Å²) in [4.78, 5) is 26.9. The smallest absolute Gasteiger partial charge is 0.268 e. The van der Waals surface area contributed by atoms with Gasteiger partial charge in [-0.05, 0) is 60.7 Å². The SMILES string of the molecule is CCC(NC(=O)/C(=C/c1cccs1)NC(=O)c1ccc(C)cc1)c1ccc(OC)c(OC)c1. The van der Waals surface area contributed by atoms with Gasteiger partial charge < -0.3 is 20.1 Å². The van der Waals surface area contributed by atoms with Crippen molar-refractivity contribution in [2.75, 3.05) is 14.2 Å². The molecular weight excluding hydrogens is 436 g/mol. The largest absolute Gasteiger partial charge is 0.493 e. The van der Waals surface area contributed by atoms with E-state index in [-0.39, 0.29) is 23.6 Å². The zero-order chi connectivity index (χ0) is 23.8. The number of carbonyl (C=O) groups is 2. The van der Waals surface area contributed by atoms with Crippen LogP contribution in [-0.2, 0) is 4.79 Å². The van der Waals surface area contributed by atoms with Crippen LogP contribution in [0.25, 0.3) is 6.08 Å². The molecule has 0 aliphatic heterocycles. The maximum atomic E-state index is 13.3. The first-order valence-electron chi connectivity index (χ1n) is 10.6. The van der Waals surface area contributed by atoms with E-state index in [1.54, 1.807) is 32.4 Å². The normalized spacial score (nSPS) is 12.1. The Morgan fingerprint density at radius 2 is 1.76 bits per heavy atom. The van der Waals surface area contributed by atoms with Crippen LogP contribution in [0.3, 0.4) is 0 Å². The molecule has 0 aliphatic carbocycles. The molecule has 1 aromatic heterocycles. The van der Waals surface area contributed by atoms with Crippen molar-refractivity contribution < 1.29 is 19.1 Å². The summed E-state index contributed by atoms with van der Waals surface area (Å²) in [6.07, 6.45) is 2.34. The Labute approximate surface area is 198 Å². The number of hydrogen-bond acceptors (Lipinski definition) is 5. The van der Waals surface area contributed by atoms with Gasteiger partial charge >= 0.3 is 0 Å². The Morgan fingerprint density at radius 1 is 1.03 bits per heavy atom. The summed E-state index contributed by atoms with van der Waals surface area (Å²) in [6, 6.07) is 16.3. The van der Waals surface area contributed by atoms with E-state index in [1.807, 2.05) is 61.7 Å². The molecule has 33 heavy (non-hydrogen) atoms. The second kappa shape index (κ2) is 11.3. The lowest BCUT2D eigenvalue weighted by Gasteiger charge is -2.20. The molecule has 0 bridgehead atoms. The predicted molar refractivity (Wildman–Crippen MR) is 132 cm³/mol. The fourth-order valence-electron chi connectivity index (χ4n) is 3.30. The van der Waals surface area contributed by atoms with Gasteiger partial charge in [-0.15, -0.1) is 11.3 Å². The molecule has 0 saturated carbocycles. The van der Waals surface area contributed by atoms with Gasteiger partial charge in [0.1, 0.15) is 5.70 Å². The van der Waals surface area contributed by atoms with Gasteiger partial charge in [0, 0.05) is 10.4 Å². The molecule has 0 saturated heterocycles. The van der Waals surface area contributed by atoms with Gasteiger partial charge in [0.2, 0.25) is 0 Å². The minimum absolute atomic E-state index is 0.182. The number of thiophene rings is 1. The Morgan fingerprint density at radius 3 is 2.36 bits per heavy atom. The highest BCUT2D eigenvalue weighted by atomic mass is 32.1. The summed E-state index contributed by atoms with van der Waals surface area (Å²) in [5.74, 6) is 0.494. The minimum Gasteiger partial charge on any atom is -0.493 e. The summed E-state index contributed by atoms with van der Waals surface area (Å²) in [6.45, 7) is 3.94. The molecule has 1 atom stereocenters. The standard InChI is InChI=1S/C26H28N2O4S/c1-5-21(19-12-13-23(31-3)24(15-19)32-4)27-26(30)22(16-20-7-6-14-33-20)28-25(29)18-10-8-17(2)9-11-18/h6-16,21H,5H2,1-4H3,(H,27,30)(H,28,29)/b22-16-. The van der Waals surface area contributed by atoms with Crippen molar-refractivity contribution in [1.29, 1.82) is 0 Å². The van der Waals surface area contributed by atoms with Crippen molar-refractivity contribution in [3.05, 3.63) is 87.2 Å². The number of aryl methyl sites for hydroxylation is 1. The minimum atomic E-state index is -0.370. The first-order chi connectivity index (χ1) is 15.9. The molecule has 0 radical (unpaired) electrons. The van der Waals surface area contributed by atoms with E-state index in [9.17, 15) is 9.59 Å². The van der Waals surface area contributed by atoms with E-state index in [4.69, 9.17) is 9.47 Å². The number of amides is 2. The topological polar surface area (TPSA) is 76.7 Å². The van der Waals surface area contributed by atoms with E-state index in [2.05, 4.69) is 10.6 Å². The molecule has 0 spiro atoms. The number of hydrogen-bond donors (Lipinski definition) is 2. The van der Waals surface area contributed by atoms with Gasteiger partial charge in [0.05, 0.1) is 20.3 Å². The lowest BCUT2D eigenvalue weighted by atomic mass is 10.0. The number of nitrogens with one attached hydrogen (secondary N) is 2. The lowest BCUT2D eigenvalue weighted by molar-refractivity contribution is -0.118. The average molecular weight is 465 g/mol. The number of methoxy groups -OCH3 is 2. The molecule has 3 aromatic rings. The highest BCUT2D eigenvalue weighted by Crippen LogP contribution is 2.31. The maximum Gasteiger partial charge on any atom is 0.268 e. The fourth-order valence-corrected chi connectivity index (χ4v) is 3.96. The molecule has 0 fully saturated rings. The summed E-state index contributed by atoms with van der Waals surface area (Å²) in [7, 11) is 3.15. The first kappa shape index (κ1) is 24.1.